The summed E-state index contributed by atoms with van der Waals surface area (Å²) in [7, 11) is 0. The summed E-state index contributed by atoms with van der Waals surface area (Å²) < 4.78 is 5.88. The number of aliphatic hydroxyl groups excluding tert-OH is 1. The molecular weight excluding hydrogens is 214 g/mol. The van der Waals surface area contributed by atoms with Gasteiger partial charge in [0, 0.05) is 25.7 Å². The van der Waals surface area contributed by atoms with E-state index < -0.39 is 0 Å². The third kappa shape index (κ3) is 3.67. The first-order valence-electron chi connectivity index (χ1n) is 7.35. The van der Waals surface area contributed by atoms with Gasteiger partial charge >= 0.3 is 0 Å². The summed E-state index contributed by atoms with van der Waals surface area (Å²) in [5.74, 6) is 0. The molecule has 0 bridgehead atoms. The second kappa shape index (κ2) is 6.72. The Morgan fingerprint density at radius 2 is 2.06 bits per heavy atom. The molecule has 17 heavy (non-hydrogen) atoms. The van der Waals surface area contributed by atoms with Gasteiger partial charge in [-0.25, -0.2) is 0 Å². The van der Waals surface area contributed by atoms with E-state index in [2.05, 4.69) is 11.8 Å². The molecule has 2 fully saturated rings. The monoisotopic (exact) mass is 241 g/mol. The van der Waals surface area contributed by atoms with Gasteiger partial charge in [-0.2, -0.15) is 0 Å². The molecular formula is C14H27NO2. The number of likely N-dealkylation sites (tertiary alicyclic amines) is 1. The van der Waals surface area contributed by atoms with Crippen LogP contribution in [-0.2, 0) is 4.74 Å². The van der Waals surface area contributed by atoms with Crippen LogP contribution in [0.2, 0.25) is 0 Å². The predicted molar refractivity (Wildman–Crippen MR) is 69.1 cm³/mol. The van der Waals surface area contributed by atoms with Crippen LogP contribution in [0.3, 0.4) is 0 Å². The fourth-order valence-corrected chi connectivity index (χ4v) is 3.10. The lowest BCUT2D eigenvalue weighted by Gasteiger charge is -2.35. The van der Waals surface area contributed by atoms with E-state index in [9.17, 15) is 5.11 Å². The molecule has 100 valence electrons. The van der Waals surface area contributed by atoms with E-state index in [0.29, 0.717) is 12.1 Å². The summed E-state index contributed by atoms with van der Waals surface area (Å²) >= 11 is 0. The van der Waals surface area contributed by atoms with Crippen LogP contribution in [-0.4, -0.2) is 48.0 Å². The SMILES string of the molecule is CCCCOC1CCN(C2CCCC[C@@H]2O)C1. The van der Waals surface area contributed by atoms with Crippen LogP contribution in [0.15, 0.2) is 0 Å². The van der Waals surface area contributed by atoms with Crippen LogP contribution in [0.25, 0.3) is 0 Å². The minimum absolute atomic E-state index is 0.0989. The highest BCUT2D eigenvalue weighted by Crippen LogP contribution is 2.26. The maximum atomic E-state index is 10.0. The molecule has 1 saturated carbocycles. The summed E-state index contributed by atoms with van der Waals surface area (Å²) in [6.45, 7) is 5.24. The van der Waals surface area contributed by atoms with Crippen LogP contribution in [0, 0.1) is 0 Å². The van der Waals surface area contributed by atoms with Gasteiger partial charge in [0.1, 0.15) is 0 Å². The standard InChI is InChI=1S/C14H27NO2/c1-2-3-10-17-12-8-9-15(11-12)13-6-4-5-7-14(13)16/h12-14,16H,2-11H2,1H3/t12?,13?,14-/m0/s1. The number of hydrogen-bond acceptors (Lipinski definition) is 3. The van der Waals surface area contributed by atoms with Gasteiger partial charge in [0.05, 0.1) is 12.2 Å². The van der Waals surface area contributed by atoms with Gasteiger partial charge < -0.3 is 9.84 Å². The van der Waals surface area contributed by atoms with Gasteiger partial charge in [-0.05, 0) is 25.7 Å². The Hall–Kier alpha value is -0.120. The Bertz CT molecular complexity index is 222. The average molecular weight is 241 g/mol. The molecule has 1 N–H and O–H groups in total. The molecule has 0 radical (unpaired) electrons. The fraction of sp³-hybridized carbons (Fsp3) is 1.00. The van der Waals surface area contributed by atoms with Gasteiger partial charge in [-0.1, -0.05) is 26.2 Å². The number of hydrogen-bond donors (Lipinski definition) is 1. The Morgan fingerprint density at radius 1 is 1.24 bits per heavy atom. The van der Waals surface area contributed by atoms with Gasteiger partial charge in [0.2, 0.25) is 0 Å². The highest BCUT2D eigenvalue weighted by atomic mass is 16.5. The van der Waals surface area contributed by atoms with Crippen molar-refractivity contribution in [3.05, 3.63) is 0 Å². The second-order valence-corrected chi connectivity index (χ2v) is 5.55. The molecule has 0 amide bonds. The molecule has 3 nitrogen and oxygen atoms in total. The number of unbranched alkanes of at least 4 members (excludes halogenated alkanes) is 1. The molecule has 3 heteroatoms. The molecule has 1 aliphatic carbocycles. The maximum absolute atomic E-state index is 10.0. The summed E-state index contributed by atoms with van der Waals surface area (Å²) in [6.07, 6.45) is 8.47. The van der Waals surface area contributed by atoms with E-state index >= 15 is 0 Å². The third-order valence-electron chi connectivity index (χ3n) is 4.19. The largest absolute Gasteiger partial charge is 0.391 e. The Morgan fingerprint density at radius 3 is 2.82 bits per heavy atom. The molecule has 2 unspecified atom stereocenters. The van der Waals surface area contributed by atoms with Crippen LogP contribution in [0.5, 0.6) is 0 Å². The van der Waals surface area contributed by atoms with Crippen molar-refractivity contribution in [2.45, 2.75) is 70.1 Å². The molecule has 1 heterocycles. The van der Waals surface area contributed by atoms with Gasteiger partial charge in [-0.15, -0.1) is 0 Å². The van der Waals surface area contributed by atoms with E-state index in [4.69, 9.17) is 4.74 Å². The van der Waals surface area contributed by atoms with E-state index in [1.807, 2.05) is 0 Å². The Kier molecular flexibility index (Phi) is 5.26. The molecule has 0 spiro atoms. The first kappa shape index (κ1) is 13.3. The van der Waals surface area contributed by atoms with Gasteiger partial charge in [0.15, 0.2) is 0 Å². The molecule has 1 aliphatic heterocycles. The van der Waals surface area contributed by atoms with E-state index in [1.54, 1.807) is 0 Å². The van der Waals surface area contributed by atoms with E-state index in [0.717, 1.165) is 32.5 Å². The zero-order valence-electron chi connectivity index (χ0n) is 11.1. The Labute approximate surface area is 105 Å². The predicted octanol–water partition coefficient (Wildman–Crippen LogP) is 2.18. The summed E-state index contributed by atoms with van der Waals surface area (Å²) in [5, 5.41) is 10.0. The average Bonchev–Trinajstić information content (AvgIpc) is 2.79. The molecule has 1 saturated heterocycles. The van der Waals surface area contributed by atoms with Crippen molar-refractivity contribution in [1.29, 1.82) is 0 Å². The van der Waals surface area contributed by atoms with Crippen LogP contribution in [0.1, 0.15) is 51.9 Å². The lowest BCUT2D eigenvalue weighted by molar-refractivity contribution is 0.0131. The summed E-state index contributed by atoms with van der Waals surface area (Å²) in [4.78, 5) is 2.46. The normalized spacial score (nSPS) is 35.3. The van der Waals surface area contributed by atoms with Gasteiger partial charge in [-0.3, -0.25) is 4.90 Å². The number of ether oxygens (including phenoxy) is 1. The first-order valence-corrected chi connectivity index (χ1v) is 7.35. The van der Waals surface area contributed by atoms with Crippen molar-refractivity contribution in [2.75, 3.05) is 19.7 Å². The molecule has 0 aromatic heterocycles. The van der Waals surface area contributed by atoms with E-state index in [1.165, 1.54) is 32.1 Å². The maximum Gasteiger partial charge on any atom is 0.0714 e. The zero-order chi connectivity index (χ0) is 12.1. The molecule has 0 aromatic rings. The van der Waals surface area contributed by atoms with Crippen LogP contribution < -0.4 is 0 Å². The number of rotatable bonds is 5. The Balaban J connectivity index is 1.72. The van der Waals surface area contributed by atoms with Crippen molar-refractivity contribution < 1.29 is 9.84 Å². The van der Waals surface area contributed by atoms with Crippen molar-refractivity contribution in [1.82, 2.24) is 4.90 Å². The molecule has 3 atom stereocenters. The highest BCUT2D eigenvalue weighted by Gasteiger charge is 2.33. The summed E-state index contributed by atoms with van der Waals surface area (Å²) in [6, 6.07) is 0.406. The second-order valence-electron chi connectivity index (χ2n) is 5.55. The minimum atomic E-state index is -0.0989. The smallest absolute Gasteiger partial charge is 0.0714 e. The number of aliphatic hydroxyl groups is 1. The van der Waals surface area contributed by atoms with Crippen LogP contribution in [0.4, 0.5) is 0 Å². The van der Waals surface area contributed by atoms with Crippen molar-refractivity contribution in [2.24, 2.45) is 0 Å². The lowest BCUT2D eigenvalue weighted by Crippen LogP contribution is -2.44. The quantitative estimate of drug-likeness (QED) is 0.749. The summed E-state index contributed by atoms with van der Waals surface area (Å²) in [5.41, 5.74) is 0. The highest BCUT2D eigenvalue weighted by molar-refractivity contribution is 4.88. The van der Waals surface area contributed by atoms with Crippen molar-refractivity contribution >= 4 is 0 Å². The van der Waals surface area contributed by atoms with E-state index in [-0.39, 0.29) is 6.10 Å². The molecule has 2 rings (SSSR count). The molecule has 2 aliphatic rings. The lowest BCUT2D eigenvalue weighted by atomic mass is 9.91. The fourth-order valence-electron chi connectivity index (χ4n) is 3.10. The topological polar surface area (TPSA) is 32.7 Å². The molecule has 0 aromatic carbocycles. The minimum Gasteiger partial charge on any atom is -0.391 e. The number of nitrogens with zero attached hydrogens (tertiary/aromatic N) is 1. The first-order chi connectivity index (χ1) is 8.31. The third-order valence-corrected chi connectivity index (χ3v) is 4.19. The van der Waals surface area contributed by atoms with Gasteiger partial charge in [0.25, 0.3) is 0 Å². The van der Waals surface area contributed by atoms with Crippen LogP contribution >= 0.6 is 0 Å². The van der Waals surface area contributed by atoms with Crippen molar-refractivity contribution in [3.63, 3.8) is 0 Å². The zero-order valence-corrected chi connectivity index (χ0v) is 11.1. The van der Waals surface area contributed by atoms with Crippen molar-refractivity contribution in [3.8, 4) is 0 Å².